The van der Waals surface area contributed by atoms with Crippen molar-refractivity contribution in [2.45, 2.75) is 0 Å². The lowest BCUT2D eigenvalue weighted by Crippen LogP contribution is -2.19. The van der Waals surface area contributed by atoms with E-state index in [4.69, 9.17) is 9.47 Å². The molecule has 1 aromatic heterocycles. The van der Waals surface area contributed by atoms with Gasteiger partial charge in [0.1, 0.15) is 11.5 Å². The number of benzene rings is 2. The average molecular weight is 503 g/mol. The molecule has 0 spiro atoms. The smallest absolute Gasteiger partial charge is 0.257 e. The SMILES string of the molecule is COc1ccc(OC)c(NC(=O)c2cc(I)ccc2NC(=O)c2cccnc2)c1. The Kier molecular flexibility index (Phi) is 6.65. The average Bonchev–Trinajstić information content (AvgIpc) is 2.75. The fraction of sp³-hybridized carbons (Fsp3) is 0.0952. The highest BCUT2D eigenvalue weighted by Gasteiger charge is 2.17. The number of anilines is 2. The number of carbonyl (C=O) groups is 2. The fourth-order valence-corrected chi connectivity index (χ4v) is 3.10. The van der Waals surface area contributed by atoms with Crippen LogP contribution in [0.5, 0.6) is 11.5 Å². The highest BCUT2D eigenvalue weighted by molar-refractivity contribution is 14.1. The minimum absolute atomic E-state index is 0.319. The molecule has 2 N–H and O–H groups in total. The first kappa shape index (κ1) is 20.6. The molecular formula is C21H18IN3O4. The number of ether oxygens (including phenoxy) is 2. The van der Waals surface area contributed by atoms with E-state index >= 15 is 0 Å². The Morgan fingerprint density at radius 2 is 1.72 bits per heavy atom. The summed E-state index contributed by atoms with van der Waals surface area (Å²) in [6.45, 7) is 0. The van der Waals surface area contributed by atoms with Crippen molar-refractivity contribution in [3.05, 3.63) is 75.6 Å². The van der Waals surface area contributed by atoms with Crippen molar-refractivity contribution in [2.24, 2.45) is 0 Å². The van der Waals surface area contributed by atoms with Gasteiger partial charge in [-0.25, -0.2) is 0 Å². The van der Waals surface area contributed by atoms with Crippen LogP contribution < -0.4 is 20.1 Å². The molecule has 1 heterocycles. The lowest BCUT2D eigenvalue weighted by molar-refractivity contribution is 0.102. The third-order valence-corrected chi connectivity index (χ3v) is 4.72. The first-order chi connectivity index (χ1) is 14.0. The van der Waals surface area contributed by atoms with E-state index in [-0.39, 0.29) is 5.91 Å². The van der Waals surface area contributed by atoms with Crippen LogP contribution in [0, 0.1) is 3.57 Å². The molecule has 0 fully saturated rings. The zero-order valence-electron chi connectivity index (χ0n) is 15.7. The number of hydrogen-bond donors (Lipinski definition) is 2. The van der Waals surface area contributed by atoms with E-state index in [1.165, 1.54) is 13.3 Å². The largest absolute Gasteiger partial charge is 0.497 e. The summed E-state index contributed by atoms with van der Waals surface area (Å²) in [5.41, 5.74) is 1.56. The van der Waals surface area contributed by atoms with Gasteiger partial charge in [0.05, 0.1) is 36.7 Å². The topological polar surface area (TPSA) is 89.5 Å². The summed E-state index contributed by atoms with van der Waals surface area (Å²) in [5, 5.41) is 5.60. The van der Waals surface area contributed by atoms with Gasteiger partial charge >= 0.3 is 0 Å². The number of methoxy groups -OCH3 is 2. The molecule has 148 valence electrons. The molecule has 0 aliphatic carbocycles. The van der Waals surface area contributed by atoms with Crippen molar-refractivity contribution >= 4 is 45.8 Å². The number of rotatable bonds is 6. The maximum absolute atomic E-state index is 13.0. The quantitative estimate of drug-likeness (QED) is 0.493. The molecular weight excluding hydrogens is 485 g/mol. The van der Waals surface area contributed by atoms with Crippen LogP contribution in [0.4, 0.5) is 11.4 Å². The van der Waals surface area contributed by atoms with Crippen LogP contribution in [0.25, 0.3) is 0 Å². The summed E-state index contributed by atoms with van der Waals surface area (Å²) in [4.78, 5) is 29.4. The third-order valence-electron chi connectivity index (χ3n) is 4.05. The standard InChI is InChI=1S/C21H18IN3O4/c1-28-15-6-8-19(29-2)18(11-15)25-21(27)16-10-14(22)5-7-17(16)24-20(26)13-4-3-9-23-12-13/h3-12H,1-2H3,(H,24,26)(H,25,27). The van der Waals surface area contributed by atoms with Gasteiger partial charge in [0, 0.05) is 22.0 Å². The van der Waals surface area contributed by atoms with E-state index in [1.807, 2.05) is 6.07 Å². The molecule has 8 heteroatoms. The van der Waals surface area contributed by atoms with Crippen molar-refractivity contribution in [1.29, 1.82) is 0 Å². The molecule has 3 rings (SSSR count). The van der Waals surface area contributed by atoms with Gasteiger partial charge < -0.3 is 20.1 Å². The number of amides is 2. The van der Waals surface area contributed by atoms with Gasteiger partial charge in [0.2, 0.25) is 0 Å². The van der Waals surface area contributed by atoms with E-state index in [0.29, 0.717) is 34.0 Å². The van der Waals surface area contributed by atoms with Gasteiger partial charge in [-0.1, -0.05) is 0 Å². The summed E-state index contributed by atoms with van der Waals surface area (Å²) in [6.07, 6.45) is 3.05. The lowest BCUT2D eigenvalue weighted by Gasteiger charge is -2.14. The summed E-state index contributed by atoms with van der Waals surface area (Å²) in [7, 11) is 3.06. The maximum Gasteiger partial charge on any atom is 0.257 e. The van der Waals surface area contributed by atoms with Crippen molar-refractivity contribution < 1.29 is 19.1 Å². The van der Waals surface area contributed by atoms with Crippen molar-refractivity contribution in [3.63, 3.8) is 0 Å². The van der Waals surface area contributed by atoms with Crippen molar-refractivity contribution in [3.8, 4) is 11.5 Å². The third kappa shape index (κ3) is 5.02. The van der Waals surface area contributed by atoms with Gasteiger partial charge in [0.25, 0.3) is 11.8 Å². The monoisotopic (exact) mass is 503 g/mol. The van der Waals surface area contributed by atoms with Crippen molar-refractivity contribution in [2.75, 3.05) is 24.9 Å². The summed E-state index contributed by atoms with van der Waals surface area (Å²) in [6, 6.07) is 13.6. The van der Waals surface area contributed by atoms with E-state index in [2.05, 4.69) is 38.2 Å². The predicted molar refractivity (Wildman–Crippen MR) is 119 cm³/mol. The molecule has 0 atom stereocenters. The molecule has 0 saturated heterocycles. The van der Waals surface area contributed by atoms with Crippen LogP contribution in [-0.4, -0.2) is 31.0 Å². The number of hydrogen-bond acceptors (Lipinski definition) is 5. The number of nitrogens with zero attached hydrogens (tertiary/aromatic N) is 1. The molecule has 0 bridgehead atoms. The molecule has 0 aliphatic rings. The van der Waals surface area contributed by atoms with Gasteiger partial charge in [-0.05, 0) is 65.1 Å². The minimum atomic E-state index is -0.392. The van der Waals surface area contributed by atoms with Crippen LogP contribution in [0.2, 0.25) is 0 Å². The maximum atomic E-state index is 13.0. The Hall–Kier alpha value is -3.14. The predicted octanol–water partition coefficient (Wildman–Crippen LogP) is 4.21. The van der Waals surface area contributed by atoms with Crippen LogP contribution in [-0.2, 0) is 0 Å². The highest BCUT2D eigenvalue weighted by atomic mass is 127. The van der Waals surface area contributed by atoms with Gasteiger partial charge in [0.15, 0.2) is 0 Å². The van der Waals surface area contributed by atoms with Gasteiger partial charge in [-0.3, -0.25) is 14.6 Å². The van der Waals surface area contributed by atoms with E-state index in [0.717, 1.165) is 3.57 Å². The second-order valence-electron chi connectivity index (χ2n) is 5.91. The Bertz CT molecular complexity index is 1040. The number of pyridine rings is 1. The van der Waals surface area contributed by atoms with Crippen LogP contribution >= 0.6 is 22.6 Å². The molecule has 2 amide bonds. The van der Waals surface area contributed by atoms with Crippen LogP contribution in [0.15, 0.2) is 60.9 Å². The summed E-state index contributed by atoms with van der Waals surface area (Å²) >= 11 is 2.11. The van der Waals surface area contributed by atoms with Crippen LogP contribution in [0.1, 0.15) is 20.7 Å². The Morgan fingerprint density at radius 1 is 0.931 bits per heavy atom. The summed E-state index contributed by atoms with van der Waals surface area (Å²) < 4.78 is 11.4. The van der Waals surface area contributed by atoms with Crippen molar-refractivity contribution in [1.82, 2.24) is 4.98 Å². The van der Waals surface area contributed by atoms with E-state index in [1.54, 1.807) is 55.8 Å². The number of nitrogens with one attached hydrogen (secondary N) is 2. The number of halogens is 1. The second-order valence-corrected chi connectivity index (χ2v) is 7.15. The molecule has 7 nitrogen and oxygen atoms in total. The normalized spacial score (nSPS) is 10.2. The van der Waals surface area contributed by atoms with E-state index in [9.17, 15) is 9.59 Å². The molecule has 0 radical (unpaired) electrons. The first-order valence-corrected chi connectivity index (χ1v) is 9.64. The molecule has 29 heavy (non-hydrogen) atoms. The minimum Gasteiger partial charge on any atom is -0.497 e. The number of aromatic nitrogens is 1. The lowest BCUT2D eigenvalue weighted by atomic mass is 10.1. The second kappa shape index (κ2) is 9.37. The molecule has 2 aromatic carbocycles. The Morgan fingerprint density at radius 3 is 2.41 bits per heavy atom. The molecule has 0 unspecified atom stereocenters. The van der Waals surface area contributed by atoms with Crippen LogP contribution in [0.3, 0.4) is 0 Å². The molecule has 0 saturated carbocycles. The molecule has 3 aromatic rings. The molecule has 0 aliphatic heterocycles. The first-order valence-electron chi connectivity index (χ1n) is 8.56. The summed E-state index contributed by atoms with van der Waals surface area (Å²) in [5.74, 6) is 0.323. The van der Waals surface area contributed by atoms with E-state index < -0.39 is 5.91 Å². The Labute approximate surface area is 181 Å². The number of carbonyl (C=O) groups excluding carboxylic acids is 2. The fourth-order valence-electron chi connectivity index (χ4n) is 2.61. The van der Waals surface area contributed by atoms with Gasteiger partial charge in [-0.15, -0.1) is 0 Å². The zero-order valence-corrected chi connectivity index (χ0v) is 17.9. The Balaban J connectivity index is 1.89. The zero-order chi connectivity index (χ0) is 20.8. The highest BCUT2D eigenvalue weighted by Crippen LogP contribution is 2.30. The van der Waals surface area contributed by atoms with Gasteiger partial charge in [-0.2, -0.15) is 0 Å².